The minimum Gasteiger partial charge on any atom is -0.758 e. The molecule has 3 aromatic heterocycles. The SMILES string of the molecule is COc1nc2c(cc1Oc1cc(N3CCC4(CC3)CC(N3CCN(Cc5ccnc(Cl)c5)C[C@H]3c3ccccc3C(C)C)C4)ccc1C(=O)NS(=O)(=O)c1cnc(NCC3CCC(C)(O)CC3)c(N(C)[O-])c1)C(F)=CC2. The third-order valence-electron chi connectivity index (χ3n) is 16.5. The summed E-state index contributed by atoms with van der Waals surface area (Å²) in [6.07, 6.45) is 11.6. The molecular weight excluding hydrogens is 1010 g/mol. The third kappa shape index (κ3) is 11.5. The Morgan fingerprint density at radius 3 is 2.49 bits per heavy atom. The van der Waals surface area contributed by atoms with Gasteiger partial charge in [-0.3, -0.25) is 14.6 Å². The number of amides is 1. The minimum absolute atomic E-state index is 0.0115. The Labute approximate surface area is 450 Å². The Morgan fingerprint density at radius 1 is 1.00 bits per heavy atom. The molecule has 5 heterocycles. The highest BCUT2D eigenvalue weighted by molar-refractivity contribution is 7.90. The number of hydrogen-bond donors (Lipinski definition) is 3. The van der Waals surface area contributed by atoms with Crippen LogP contribution in [-0.2, 0) is 23.0 Å². The highest BCUT2D eigenvalue weighted by Crippen LogP contribution is 2.54. The van der Waals surface area contributed by atoms with Crippen molar-refractivity contribution in [3.63, 3.8) is 0 Å². The molecule has 2 aliphatic heterocycles. The van der Waals surface area contributed by atoms with E-state index in [4.69, 9.17) is 21.1 Å². The molecule has 2 aromatic carbocycles. The molecule has 0 bridgehead atoms. The quantitative estimate of drug-likeness (QED) is 0.0625. The number of methoxy groups -OCH3 is 1. The summed E-state index contributed by atoms with van der Waals surface area (Å²) in [5, 5.41) is 27.4. The van der Waals surface area contributed by atoms with Crippen LogP contribution in [0.3, 0.4) is 0 Å². The van der Waals surface area contributed by atoms with E-state index in [1.54, 1.807) is 18.3 Å². The lowest BCUT2D eigenvalue weighted by atomic mass is 9.59. The summed E-state index contributed by atoms with van der Waals surface area (Å²) in [5.41, 5.74) is 4.78. The average molecular weight is 1080 g/mol. The Balaban J connectivity index is 0.856. The van der Waals surface area contributed by atoms with Crippen LogP contribution in [0.25, 0.3) is 5.83 Å². The number of piperidine rings is 1. The zero-order valence-corrected chi connectivity index (χ0v) is 45.5. The molecule has 0 radical (unpaired) electrons. The second-order valence-electron chi connectivity index (χ2n) is 22.1. The average Bonchev–Trinajstić information content (AvgIpc) is 3.79. The van der Waals surface area contributed by atoms with E-state index in [0.29, 0.717) is 47.3 Å². The molecule has 16 nitrogen and oxygen atoms in total. The number of aromatic nitrogens is 3. The maximum atomic E-state index is 15.0. The lowest BCUT2D eigenvalue weighted by Crippen LogP contribution is -2.60. The van der Waals surface area contributed by atoms with E-state index in [0.717, 1.165) is 95.2 Å². The molecule has 0 unspecified atom stereocenters. The number of fused-ring (bicyclic) bond motifs is 1. The number of carbonyl (C=O) groups excluding carboxylic acids is 1. The van der Waals surface area contributed by atoms with E-state index in [9.17, 15) is 27.9 Å². The van der Waals surface area contributed by atoms with Crippen molar-refractivity contribution in [2.75, 3.05) is 68.7 Å². The van der Waals surface area contributed by atoms with Gasteiger partial charge in [-0.2, -0.15) is 0 Å². The van der Waals surface area contributed by atoms with Crippen LogP contribution in [0.5, 0.6) is 17.4 Å². The number of piperazine rings is 1. The van der Waals surface area contributed by atoms with Gasteiger partial charge in [-0.1, -0.05) is 49.7 Å². The topological polar surface area (TPSA) is 189 Å². The number of ether oxygens (including phenoxy) is 2. The van der Waals surface area contributed by atoms with Gasteiger partial charge in [0.15, 0.2) is 5.75 Å². The van der Waals surface area contributed by atoms with Crippen LogP contribution >= 0.6 is 11.6 Å². The fourth-order valence-electron chi connectivity index (χ4n) is 12.1. The molecule has 5 aliphatic rings. The summed E-state index contributed by atoms with van der Waals surface area (Å²) >= 11 is 6.30. The van der Waals surface area contributed by atoms with Gasteiger partial charge in [-0.25, -0.2) is 32.5 Å². The maximum absolute atomic E-state index is 15.0. The van der Waals surface area contributed by atoms with E-state index in [2.05, 4.69) is 77.8 Å². The molecule has 2 saturated carbocycles. The Kier molecular flexibility index (Phi) is 15.4. The molecule has 5 aromatic rings. The third-order valence-corrected chi connectivity index (χ3v) is 18.0. The fraction of sp³-hybridized carbons (Fsp3) is 0.474. The molecule has 19 heteroatoms. The first-order valence-corrected chi connectivity index (χ1v) is 28.3. The Hall–Kier alpha value is -5.89. The number of anilines is 3. The van der Waals surface area contributed by atoms with Gasteiger partial charge in [0.1, 0.15) is 27.4 Å². The van der Waals surface area contributed by atoms with Crippen molar-refractivity contribution in [3.8, 4) is 17.4 Å². The van der Waals surface area contributed by atoms with Gasteiger partial charge in [-0.15, -0.1) is 0 Å². The van der Waals surface area contributed by atoms with Crippen LogP contribution in [0.2, 0.25) is 5.15 Å². The number of nitrogens with one attached hydrogen (secondary N) is 2. The number of halogens is 2. The second-order valence-corrected chi connectivity index (χ2v) is 24.2. The van der Waals surface area contributed by atoms with E-state index >= 15 is 0 Å². The zero-order valence-electron chi connectivity index (χ0n) is 43.9. The molecule has 3 N–H and O–H groups in total. The number of aliphatic hydroxyl groups is 1. The number of pyridine rings is 3. The maximum Gasteiger partial charge on any atom is 0.268 e. The molecule has 76 heavy (non-hydrogen) atoms. The standard InChI is InChI=1S/C57H68ClFN9O7S/c1-36(2)42-8-6-7-9-43(42)49-35-66(34-38-16-21-60-52(58)26-38)24-25-68(49)40-30-57(31-40)19-22-67(23-20-57)39-10-11-44(50(27-39)75-51-29-45-46(59)12-13-47(45)63-55(51)74-5)54(69)64-76(72,73)41-28-48(65(4)71)53(62-33-41)61-32-37-14-17-56(3,70)18-15-37/h6-12,16,21,26-29,33,36-37,40,49,70H,13-15,17-20,22-25,30-32,34-35H2,1-5H3,(H,61,62)(H,64,69)/q-1/t37?,49-,56?/m0/s1. The second kappa shape index (κ2) is 21.9. The van der Waals surface area contributed by atoms with Crippen LogP contribution in [0.4, 0.5) is 21.6 Å². The molecule has 4 fully saturated rings. The van der Waals surface area contributed by atoms with Gasteiger partial charge in [0, 0.05) is 94.0 Å². The van der Waals surface area contributed by atoms with Gasteiger partial charge >= 0.3 is 0 Å². The van der Waals surface area contributed by atoms with Crippen LogP contribution in [-0.4, -0.2) is 109 Å². The number of rotatable bonds is 16. The first kappa shape index (κ1) is 53.5. The van der Waals surface area contributed by atoms with Gasteiger partial charge in [0.05, 0.1) is 29.7 Å². The summed E-state index contributed by atoms with van der Waals surface area (Å²) in [4.78, 5) is 34.5. The normalized spacial score (nSPS) is 22.0. The van der Waals surface area contributed by atoms with Crippen molar-refractivity contribution in [2.24, 2.45) is 11.3 Å². The number of carbonyl (C=O) groups is 1. The van der Waals surface area contributed by atoms with E-state index in [1.165, 1.54) is 49.6 Å². The first-order valence-electron chi connectivity index (χ1n) is 26.5. The summed E-state index contributed by atoms with van der Waals surface area (Å²) in [6.45, 7) is 12.0. The predicted octanol–water partition coefficient (Wildman–Crippen LogP) is 10.0. The minimum atomic E-state index is -4.60. The van der Waals surface area contributed by atoms with Crippen LogP contribution < -0.4 is 29.5 Å². The van der Waals surface area contributed by atoms with Crippen molar-refractivity contribution in [1.29, 1.82) is 0 Å². The van der Waals surface area contributed by atoms with Crippen LogP contribution in [0.15, 0.2) is 90.1 Å². The molecule has 1 atom stereocenters. The number of allylic oxidation sites excluding steroid dienone is 1. The molecule has 3 aliphatic carbocycles. The molecule has 2 saturated heterocycles. The first-order chi connectivity index (χ1) is 36.4. The molecule has 10 rings (SSSR count). The van der Waals surface area contributed by atoms with Crippen LogP contribution in [0, 0.1) is 16.5 Å². The Bertz CT molecular complexity index is 3100. The molecular formula is C57H68ClFN9O7S-. The van der Waals surface area contributed by atoms with Crippen molar-refractivity contribution in [2.45, 2.75) is 114 Å². The van der Waals surface area contributed by atoms with Gasteiger partial charge < -0.3 is 35.1 Å². The molecule has 1 amide bonds. The molecule has 404 valence electrons. The number of nitrogens with zero attached hydrogens (tertiary/aromatic N) is 7. The van der Waals surface area contributed by atoms with E-state index in [1.807, 2.05) is 19.1 Å². The number of hydrogen-bond acceptors (Lipinski definition) is 15. The number of hydroxylamine groups is 1. The van der Waals surface area contributed by atoms with Crippen molar-refractivity contribution >= 4 is 50.6 Å². The Morgan fingerprint density at radius 2 is 1.76 bits per heavy atom. The number of sulfonamides is 1. The van der Waals surface area contributed by atoms with E-state index in [-0.39, 0.29) is 63.8 Å². The summed E-state index contributed by atoms with van der Waals surface area (Å²) < 4.78 is 57.2. The monoisotopic (exact) mass is 1080 g/mol. The van der Waals surface area contributed by atoms with Crippen LogP contribution in [0.1, 0.15) is 122 Å². The highest BCUT2D eigenvalue weighted by atomic mass is 35.5. The summed E-state index contributed by atoms with van der Waals surface area (Å²) in [5.74, 6) is -0.499. The van der Waals surface area contributed by atoms with Gasteiger partial charge in [0.25, 0.3) is 21.8 Å². The van der Waals surface area contributed by atoms with Gasteiger partial charge in [0.2, 0.25) is 0 Å². The predicted molar refractivity (Wildman–Crippen MR) is 293 cm³/mol. The zero-order chi connectivity index (χ0) is 53.5. The van der Waals surface area contributed by atoms with E-state index < -0.39 is 32.3 Å². The highest BCUT2D eigenvalue weighted by Gasteiger charge is 2.50. The van der Waals surface area contributed by atoms with Crippen molar-refractivity contribution in [1.82, 2.24) is 29.5 Å². The van der Waals surface area contributed by atoms with Crippen molar-refractivity contribution < 1.29 is 32.2 Å². The smallest absolute Gasteiger partial charge is 0.268 e. The lowest BCUT2D eigenvalue weighted by Gasteiger charge is -2.58. The summed E-state index contributed by atoms with van der Waals surface area (Å²) in [7, 11) is -1.94. The largest absolute Gasteiger partial charge is 0.758 e. The molecule has 1 spiro atoms. The fourth-order valence-corrected chi connectivity index (χ4v) is 13.2. The van der Waals surface area contributed by atoms with Gasteiger partial charge in [-0.05, 0) is 142 Å². The summed E-state index contributed by atoms with van der Waals surface area (Å²) in [6, 6.07) is 21.3. The van der Waals surface area contributed by atoms with Crippen molar-refractivity contribution in [3.05, 3.63) is 129 Å². The number of benzene rings is 2. The lowest BCUT2D eigenvalue weighted by molar-refractivity contribution is -0.0628.